The van der Waals surface area contributed by atoms with Crippen LogP contribution >= 0.6 is 23.2 Å². The molecule has 0 heterocycles. The number of ether oxygens (including phenoxy) is 2. The fourth-order valence-corrected chi connectivity index (χ4v) is 3.02. The predicted molar refractivity (Wildman–Crippen MR) is 119 cm³/mol. The van der Waals surface area contributed by atoms with E-state index in [0.717, 1.165) is 62.3 Å². The van der Waals surface area contributed by atoms with E-state index in [-0.39, 0.29) is 6.61 Å². The zero-order chi connectivity index (χ0) is 21.5. The first-order chi connectivity index (χ1) is 13.9. The van der Waals surface area contributed by atoms with Gasteiger partial charge in [0.2, 0.25) is 0 Å². The van der Waals surface area contributed by atoms with Crippen LogP contribution in [0.25, 0.3) is 0 Å². The van der Waals surface area contributed by atoms with E-state index < -0.39 is 5.29 Å². The number of benzene rings is 1. The maximum atomic E-state index is 12.6. The molecule has 0 saturated carbocycles. The van der Waals surface area contributed by atoms with Gasteiger partial charge in [-0.3, -0.25) is 0 Å². The van der Waals surface area contributed by atoms with Crippen LogP contribution < -0.4 is 9.47 Å². The molecule has 164 valence electrons. The summed E-state index contributed by atoms with van der Waals surface area (Å²) in [5.74, 6) is 1.28. The van der Waals surface area contributed by atoms with Gasteiger partial charge in [0, 0.05) is 12.1 Å². The Bertz CT molecular complexity index is 658. The molecule has 1 aromatic carbocycles. The van der Waals surface area contributed by atoms with Gasteiger partial charge in [0.05, 0.1) is 17.3 Å². The average Bonchev–Trinajstić information content (AvgIpc) is 2.64. The zero-order valence-corrected chi connectivity index (χ0v) is 19.1. The van der Waals surface area contributed by atoms with Gasteiger partial charge in [-0.25, -0.2) is 0 Å². The Morgan fingerprint density at radius 2 is 1.76 bits per heavy atom. The van der Waals surface area contributed by atoms with Gasteiger partial charge in [-0.05, 0) is 51.2 Å². The number of rotatable bonds is 15. The molecule has 4 nitrogen and oxygen atoms in total. The minimum Gasteiger partial charge on any atom is -0.492 e. The molecule has 1 aromatic rings. The molecule has 7 heteroatoms. The summed E-state index contributed by atoms with van der Waals surface area (Å²) in [5, 5.41) is 3.63. The van der Waals surface area contributed by atoms with Crippen molar-refractivity contribution in [3.05, 3.63) is 34.1 Å². The molecule has 0 saturated heterocycles. The van der Waals surface area contributed by atoms with E-state index >= 15 is 0 Å². The summed E-state index contributed by atoms with van der Waals surface area (Å²) in [4.78, 5) is 5.19. The molecule has 0 radical (unpaired) electrons. The van der Waals surface area contributed by atoms with Crippen molar-refractivity contribution in [1.82, 2.24) is 0 Å². The van der Waals surface area contributed by atoms with Crippen LogP contribution in [0.1, 0.15) is 64.9 Å². The van der Waals surface area contributed by atoms with Crippen LogP contribution in [0.2, 0.25) is 5.02 Å². The van der Waals surface area contributed by atoms with Crippen molar-refractivity contribution in [2.24, 2.45) is 5.16 Å². The predicted octanol–water partition coefficient (Wildman–Crippen LogP) is 7.46. The molecule has 0 spiro atoms. The lowest BCUT2D eigenvalue weighted by atomic mass is 10.1. The fourth-order valence-electron chi connectivity index (χ4n) is 2.67. The SMILES string of the molecule is CCCc1cc(OC/C=C(\F)Cl)cc(Cl)c1OCCCCCCCON=C(C)C. The van der Waals surface area contributed by atoms with E-state index in [2.05, 4.69) is 12.1 Å². The van der Waals surface area contributed by atoms with Crippen LogP contribution in [0.4, 0.5) is 4.39 Å². The summed E-state index contributed by atoms with van der Waals surface area (Å²) in [6, 6.07) is 3.59. The van der Waals surface area contributed by atoms with E-state index in [0.29, 0.717) is 29.7 Å². The van der Waals surface area contributed by atoms with Gasteiger partial charge in [0.25, 0.3) is 0 Å². The molecule has 29 heavy (non-hydrogen) atoms. The smallest absolute Gasteiger partial charge is 0.188 e. The monoisotopic (exact) mass is 447 g/mol. The second-order valence-electron chi connectivity index (χ2n) is 6.94. The minimum absolute atomic E-state index is 0.0485. The van der Waals surface area contributed by atoms with Crippen molar-refractivity contribution < 1.29 is 18.7 Å². The molecular weight excluding hydrogens is 416 g/mol. The number of halogens is 3. The quantitative estimate of drug-likeness (QED) is 0.159. The van der Waals surface area contributed by atoms with Crippen LogP contribution in [0.15, 0.2) is 28.7 Å². The van der Waals surface area contributed by atoms with Crippen molar-refractivity contribution in [2.75, 3.05) is 19.8 Å². The summed E-state index contributed by atoms with van der Waals surface area (Å²) < 4.78 is 24.0. The van der Waals surface area contributed by atoms with E-state index in [1.807, 2.05) is 19.9 Å². The summed E-state index contributed by atoms with van der Waals surface area (Å²) in [5.41, 5.74) is 1.93. The van der Waals surface area contributed by atoms with Crippen molar-refractivity contribution in [3.8, 4) is 11.5 Å². The van der Waals surface area contributed by atoms with E-state index in [9.17, 15) is 4.39 Å². The van der Waals surface area contributed by atoms with E-state index in [1.54, 1.807) is 6.07 Å². The molecule has 0 unspecified atom stereocenters. The first-order valence-electron chi connectivity index (χ1n) is 10.2. The molecular formula is C22H32Cl2FNO3. The number of nitrogens with zero attached hydrogens (tertiary/aromatic N) is 1. The van der Waals surface area contributed by atoms with Crippen LogP contribution in [0, 0.1) is 0 Å². The summed E-state index contributed by atoms with van der Waals surface area (Å²) in [6.45, 7) is 7.25. The molecule has 0 aliphatic carbocycles. The van der Waals surface area contributed by atoms with Gasteiger partial charge >= 0.3 is 0 Å². The third-order valence-corrected chi connectivity index (χ3v) is 4.41. The van der Waals surface area contributed by atoms with Crippen LogP contribution in [0.3, 0.4) is 0 Å². The highest BCUT2D eigenvalue weighted by atomic mass is 35.5. The molecule has 0 aromatic heterocycles. The highest BCUT2D eigenvalue weighted by Gasteiger charge is 2.12. The second-order valence-corrected chi connectivity index (χ2v) is 7.70. The Hall–Kier alpha value is -1.46. The van der Waals surface area contributed by atoms with Gasteiger partial charge in [-0.15, -0.1) is 0 Å². The zero-order valence-electron chi connectivity index (χ0n) is 17.6. The standard InChI is InChI=1S/C22H32Cl2FNO3/c1-4-10-18-15-19(27-14-11-21(24)25)16-20(23)22(18)28-12-8-6-5-7-9-13-29-26-17(2)3/h11,15-16H,4-10,12-14H2,1-3H3/b21-11-. The average molecular weight is 448 g/mol. The van der Waals surface area contributed by atoms with Crippen molar-refractivity contribution in [2.45, 2.75) is 65.7 Å². The largest absolute Gasteiger partial charge is 0.492 e. The Kier molecular flexibility index (Phi) is 13.6. The summed E-state index contributed by atoms with van der Waals surface area (Å²) in [6.07, 6.45) is 8.25. The Balaban J connectivity index is 2.40. The van der Waals surface area contributed by atoms with Crippen molar-refractivity contribution in [3.63, 3.8) is 0 Å². The molecule has 1 rings (SSSR count). The molecule has 0 fully saturated rings. The maximum absolute atomic E-state index is 12.6. The number of hydrogen-bond acceptors (Lipinski definition) is 4. The first-order valence-corrected chi connectivity index (χ1v) is 10.9. The normalized spacial score (nSPS) is 11.3. The summed E-state index contributed by atoms with van der Waals surface area (Å²) in [7, 11) is 0. The van der Waals surface area contributed by atoms with Gasteiger partial charge in [-0.2, -0.15) is 4.39 Å². The van der Waals surface area contributed by atoms with Crippen LogP contribution in [-0.4, -0.2) is 25.5 Å². The molecule has 0 N–H and O–H groups in total. The van der Waals surface area contributed by atoms with Crippen LogP contribution in [0.5, 0.6) is 11.5 Å². The third-order valence-electron chi connectivity index (χ3n) is 3.97. The number of aryl methyl sites for hydroxylation is 1. The minimum atomic E-state index is -0.790. The van der Waals surface area contributed by atoms with E-state index in [1.165, 1.54) is 0 Å². The Labute approximate surface area is 184 Å². The lowest BCUT2D eigenvalue weighted by Crippen LogP contribution is -2.03. The molecule has 0 amide bonds. The second kappa shape index (κ2) is 15.4. The summed E-state index contributed by atoms with van der Waals surface area (Å²) >= 11 is 11.6. The Morgan fingerprint density at radius 3 is 2.41 bits per heavy atom. The van der Waals surface area contributed by atoms with Crippen molar-refractivity contribution >= 4 is 28.9 Å². The molecule has 0 atom stereocenters. The lowest BCUT2D eigenvalue weighted by molar-refractivity contribution is 0.139. The number of oxime groups is 1. The number of hydrogen-bond donors (Lipinski definition) is 0. The topological polar surface area (TPSA) is 40.0 Å². The maximum Gasteiger partial charge on any atom is 0.188 e. The highest BCUT2D eigenvalue weighted by Crippen LogP contribution is 2.34. The van der Waals surface area contributed by atoms with Gasteiger partial charge in [0.15, 0.2) is 5.29 Å². The molecule has 0 aliphatic heterocycles. The number of unbranched alkanes of at least 4 members (excludes halogenated alkanes) is 4. The molecule has 0 bridgehead atoms. The fraction of sp³-hybridized carbons (Fsp3) is 0.591. The van der Waals surface area contributed by atoms with Crippen LogP contribution in [-0.2, 0) is 11.3 Å². The Morgan fingerprint density at radius 1 is 1.07 bits per heavy atom. The first kappa shape index (κ1) is 25.6. The molecule has 0 aliphatic rings. The van der Waals surface area contributed by atoms with Gasteiger partial charge in [-0.1, -0.05) is 54.5 Å². The van der Waals surface area contributed by atoms with Crippen molar-refractivity contribution in [1.29, 1.82) is 0 Å². The third kappa shape index (κ3) is 12.0. The highest BCUT2D eigenvalue weighted by molar-refractivity contribution is 6.32. The van der Waals surface area contributed by atoms with E-state index in [4.69, 9.17) is 37.5 Å². The lowest BCUT2D eigenvalue weighted by Gasteiger charge is -2.15. The van der Waals surface area contributed by atoms with Gasteiger partial charge in [0.1, 0.15) is 24.7 Å². The van der Waals surface area contributed by atoms with Gasteiger partial charge < -0.3 is 14.3 Å².